The van der Waals surface area contributed by atoms with Gasteiger partial charge >= 0.3 is 0 Å². The van der Waals surface area contributed by atoms with E-state index in [-0.39, 0.29) is 24.2 Å². The summed E-state index contributed by atoms with van der Waals surface area (Å²) >= 11 is 0. The number of amides is 1. The average molecular weight is 308 g/mol. The van der Waals surface area contributed by atoms with Crippen molar-refractivity contribution in [3.63, 3.8) is 0 Å². The molecule has 1 unspecified atom stereocenters. The first-order valence-electron chi connectivity index (χ1n) is 6.73. The van der Waals surface area contributed by atoms with Gasteiger partial charge in [-0.3, -0.25) is 9.89 Å². The van der Waals surface area contributed by atoms with Gasteiger partial charge in [-0.05, 0) is 32.0 Å². The van der Waals surface area contributed by atoms with Crippen molar-refractivity contribution in [2.45, 2.75) is 13.3 Å². The van der Waals surface area contributed by atoms with E-state index in [4.69, 9.17) is 0 Å². The molecule has 2 aromatic rings. The van der Waals surface area contributed by atoms with Crippen molar-refractivity contribution in [1.82, 2.24) is 20.5 Å². The summed E-state index contributed by atoms with van der Waals surface area (Å²) in [5.41, 5.74) is 1.67. The van der Waals surface area contributed by atoms with E-state index in [1.165, 1.54) is 0 Å². The van der Waals surface area contributed by atoms with Gasteiger partial charge in [0.05, 0.1) is 5.92 Å². The third-order valence-electron chi connectivity index (χ3n) is 3.42. The van der Waals surface area contributed by atoms with Gasteiger partial charge < -0.3 is 10.6 Å². The van der Waals surface area contributed by atoms with E-state index < -0.39 is 0 Å². The number of aryl methyl sites for hydroxylation is 1. The monoisotopic (exact) mass is 307 g/mol. The fourth-order valence-electron chi connectivity index (χ4n) is 2.33. The minimum Gasteiger partial charge on any atom is -0.326 e. The lowest BCUT2D eigenvalue weighted by Crippen LogP contribution is -2.24. The van der Waals surface area contributed by atoms with Crippen LogP contribution in [0.15, 0.2) is 24.3 Å². The first-order chi connectivity index (χ1) is 9.72. The standard InChI is InChI=1S/C14H17N5O.ClH/c1-9-16-13(19-18-9)10-3-2-4-12(7-10)17-14(20)11-5-6-15-8-11;/h2-4,7,11,15H,5-6,8H2,1H3,(H,17,20)(H,16,18,19);1H. The molecule has 0 radical (unpaired) electrons. The summed E-state index contributed by atoms with van der Waals surface area (Å²) in [4.78, 5) is 16.4. The zero-order chi connectivity index (χ0) is 13.9. The summed E-state index contributed by atoms with van der Waals surface area (Å²) in [5.74, 6) is 1.54. The van der Waals surface area contributed by atoms with Crippen LogP contribution in [0.1, 0.15) is 12.2 Å². The van der Waals surface area contributed by atoms with E-state index in [1.54, 1.807) is 0 Å². The molecule has 1 fully saturated rings. The van der Waals surface area contributed by atoms with Crippen molar-refractivity contribution in [2.24, 2.45) is 5.92 Å². The van der Waals surface area contributed by atoms with Crippen LogP contribution in [0.25, 0.3) is 11.4 Å². The molecule has 1 atom stereocenters. The highest BCUT2D eigenvalue weighted by Gasteiger charge is 2.22. The highest BCUT2D eigenvalue weighted by Crippen LogP contribution is 2.20. The van der Waals surface area contributed by atoms with E-state index in [0.29, 0.717) is 5.82 Å². The van der Waals surface area contributed by atoms with Crippen LogP contribution in [-0.2, 0) is 4.79 Å². The van der Waals surface area contributed by atoms with E-state index in [2.05, 4.69) is 25.8 Å². The Morgan fingerprint density at radius 2 is 2.29 bits per heavy atom. The number of anilines is 1. The molecule has 1 aromatic heterocycles. The Bertz CT molecular complexity index is 621. The second-order valence-corrected chi connectivity index (χ2v) is 5.00. The predicted molar refractivity (Wildman–Crippen MR) is 83.4 cm³/mol. The van der Waals surface area contributed by atoms with Gasteiger partial charge in [0.2, 0.25) is 5.91 Å². The van der Waals surface area contributed by atoms with Crippen LogP contribution >= 0.6 is 12.4 Å². The topological polar surface area (TPSA) is 82.7 Å². The quantitative estimate of drug-likeness (QED) is 0.807. The fourth-order valence-corrected chi connectivity index (χ4v) is 2.33. The molecule has 1 aromatic carbocycles. The number of nitrogens with one attached hydrogen (secondary N) is 3. The molecule has 112 valence electrons. The van der Waals surface area contributed by atoms with Gasteiger partial charge in [0.1, 0.15) is 5.82 Å². The Morgan fingerprint density at radius 1 is 1.43 bits per heavy atom. The number of hydrogen-bond acceptors (Lipinski definition) is 4. The maximum atomic E-state index is 12.1. The number of benzene rings is 1. The zero-order valence-electron chi connectivity index (χ0n) is 11.7. The number of H-pyrrole nitrogens is 1. The maximum Gasteiger partial charge on any atom is 0.228 e. The van der Waals surface area contributed by atoms with Crippen LogP contribution in [0.3, 0.4) is 0 Å². The summed E-state index contributed by atoms with van der Waals surface area (Å²) in [6, 6.07) is 7.59. The molecule has 1 aliphatic rings. The molecular formula is C14H18ClN5O. The Hall–Kier alpha value is -1.92. The lowest BCUT2D eigenvalue weighted by Gasteiger charge is -2.10. The number of carbonyl (C=O) groups is 1. The van der Waals surface area contributed by atoms with Crippen LogP contribution in [0, 0.1) is 12.8 Å². The van der Waals surface area contributed by atoms with Crippen molar-refractivity contribution in [1.29, 1.82) is 0 Å². The normalized spacial score (nSPS) is 17.3. The van der Waals surface area contributed by atoms with E-state index in [0.717, 1.165) is 36.6 Å². The van der Waals surface area contributed by atoms with E-state index in [9.17, 15) is 4.79 Å². The van der Waals surface area contributed by atoms with Crippen molar-refractivity contribution in [2.75, 3.05) is 18.4 Å². The third-order valence-corrected chi connectivity index (χ3v) is 3.42. The molecule has 0 bridgehead atoms. The summed E-state index contributed by atoms with van der Waals surface area (Å²) in [5, 5.41) is 13.1. The van der Waals surface area contributed by atoms with Gasteiger partial charge in [0.25, 0.3) is 0 Å². The van der Waals surface area contributed by atoms with Crippen molar-refractivity contribution in [3.8, 4) is 11.4 Å². The van der Waals surface area contributed by atoms with Crippen LogP contribution in [0.5, 0.6) is 0 Å². The molecule has 1 saturated heterocycles. The van der Waals surface area contributed by atoms with Crippen molar-refractivity contribution >= 4 is 24.0 Å². The molecule has 0 aliphatic carbocycles. The van der Waals surface area contributed by atoms with Gasteiger partial charge in [-0.1, -0.05) is 12.1 Å². The number of nitrogens with zero attached hydrogens (tertiary/aromatic N) is 2. The second-order valence-electron chi connectivity index (χ2n) is 5.00. The smallest absolute Gasteiger partial charge is 0.228 e. The molecule has 21 heavy (non-hydrogen) atoms. The number of aromatic nitrogens is 3. The van der Waals surface area contributed by atoms with Crippen LogP contribution in [-0.4, -0.2) is 34.2 Å². The van der Waals surface area contributed by atoms with Gasteiger partial charge in [-0.2, -0.15) is 5.10 Å². The van der Waals surface area contributed by atoms with Gasteiger partial charge in [0.15, 0.2) is 5.82 Å². The molecule has 7 heteroatoms. The molecular weight excluding hydrogens is 290 g/mol. The number of hydrogen-bond donors (Lipinski definition) is 3. The van der Waals surface area contributed by atoms with Crippen molar-refractivity contribution in [3.05, 3.63) is 30.1 Å². The number of aromatic amines is 1. The van der Waals surface area contributed by atoms with Crippen molar-refractivity contribution < 1.29 is 4.79 Å². The maximum absolute atomic E-state index is 12.1. The lowest BCUT2D eigenvalue weighted by molar-refractivity contribution is -0.119. The fraction of sp³-hybridized carbons (Fsp3) is 0.357. The molecule has 3 N–H and O–H groups in total. The minimum absolute atomic E-state index is 0. The molecule has 6 nitrogen and oxygen atoms in total. The van der Waals surface area contributed by atoms with Crippen LogP contribution in [0.4, 0.5) is 5.69 Å². The Kier molecular flexibility index (Phi) is 4.93. The van der Waals surface area contributed by atoms with Crippen LogP contribution in [0.2, 0.25) is 0 Å². The first kappa shape index (κ1) is 15.5. The summed E-state index contributed by atoms with van der Waals surface area (Å²) in [6.45, 7) is 3.52. The Labute approximate surface area is 129 Å². The predicted octanol–water partition coefficient (Wildman–Crippen LogP) is 1.75. The first-order valence-corrected chi connectivity index (χ1v) is 6.73. The molecule has 0 saturated carbocycles. The summed E-state index contributed by atoms with van der Waals surface area (Å²) in [6.07, 6.45) is 0.894. The van der Waals surface area contributed by atoms with Gasteiger partial charge in [-0.25, -0.2) is 4.98 Å². The molecule has 1 aliphatic heterocycles. The minimum atomic E-state index is 0. The van der Waals surface area contributed by atoms with Gasteiger partial charge in [-0.15, -0.1) is 12.4 Å². The zero-order valence-corrected chi connectivity index (χ0v) is 12.5. The summed E-state index contributed by atoms with van der Waals surface area (Å²) in [7, 11) is 0. The average Bonchev–Trinajstić information content (AvgIpc) is 3.10. The van der Waals surface area contributed by atoms with Gasteiger partial charge in [0, 0.05) is 17.8 Å². The highest BCUT2D eigenvalue weighted by atomic mass is 35.5. The number of carbonyl (C=O) groups excluding carboxylic acids is 1. The Balaban J connectivity index is 0.00000161. The summed E-state index contributed by atoms with van der Waals surface area (Å²) < 4.78 is 0. The third kappa shape index (κ3) is 3.59. The molecule has 0 spiro atoms. The Morgan fingerprint density at radius 3 is 2.95 bits per heavy atom. The van der Waals surface area contributed by atoms with Crippen LogP contribution < -0.4 is 10.6 Å². The van der Waals surface area contributed by atoms with E-state index in [1.807, 2.05) is 31.2 Å². The highest BCUT2D eigenvalue weighted by molar-refractivity contribution is 5.93. The SMILES string of the molecule is Cc1nc(-c2cccc(NC(=O)C3CCNC3)c2)n[nH]1.Cl. The molecule has 3 rings (SSSR count). The largest absolute Gasteiger partial charge is 0.326 e. The number of rotatable bonds is 3. The number of halogens is 1. The second kappa shape index (κ2) is 6.69. The lowest BCUT2D eigenvalue weighted by atomic mass is 10.1. The molecule has 2 heterocycles. The van der Waals surface area contributed by atoms with E-state index >= 15 is 0 Å². The molecule has 1 amide bonds.